The van der Waals surface area contributed by atoms with E-state index in [0.717, 1.165) is 0 Å². The van der Waals surface area contributed by atoms with Gasteiger partial charge in [-0.25, -0.2) is 13.1 Å². The molecule has 7 heteroatoms. The quantitative estimate of drug-likeness (QED) is 0.714. The second-order valence-electron chi connectivity index (χ2n) is 3.86. The topological polar surface area (TPSA) is 75.6 Å². The van der Waals surface area contributed by atoms with Gasteiger partial charge in [0.25, 0.3) is 0 Å². The number of aliphatic hydroxyl groups excluding tert-OH is 1. The van der Waals surface area contributed by atoms with Gasteiger partial charge in [0.2, 0.25) is 10.0 Å². The van der Waals surface area contributed by atoms with E-state index in [1.807, 2.05) is 6.92 Å². The third-order valence-corrected chi connectivity index (χ3v) is 4.29. The van der Waals surface area contributed by atoms with Crippen LogP contribution in [0, 0.1) is 0 Å². The van der Waals surface area contributed by atoms with E-state index in [2.05, 4.69) is 4.72 Å². The number of ether oxygens (including phenoxy) is 1. The summed E-state index contributed by atoms with van der Waals surface area (Å²) >= 11 is 5.82. The fourth-order valence-electron chi connectivity index (χ4n) is 1.45. The predicted molar refractivity (Wildman–Crippen MR) is 73.7 cm³/mol. The zero-order valence-corrected chi connectivity index (χ0v) is 12.3. The highest BCUT2D eigenvalue weighted by atomic mass is 35.5. The lowest BCUT2D eigenvalue weighted by Gasteiger charge is -2.08. The lowest BCUT2D eigenvalue weighted by Crippen LogP contribution is -2.25. The molecule has 108 valence electrons. The van der Waals surface area contributed by atoms with E-state index < -0.39 is 10.0 Å². The molecule has 1 aromatic carbocycles. The highest BCUT2D eigenvalue weighted by molar-refractivity contribution is 7.89. The first kappa shape index (κ1) is 16.4. The fraction of sp³-hybridized carbons (Fsp3) is 0.500. The molecule has 5 nitrogen and oxygen atoms in total. The zero-order valence-electron chi connectivity index (χ0n) is 10.7. The fourth-order valence-corrected chi connectivity index (χ4v) is 2.75. The van der Waals surface area contributed by atoms with Gasteiger partial charge in [-0.15, -0.1) is 0 Å². The molecule has 0 saturated heterocycles. The summed E-state index contributed by atoms with van der Waals surface area (Å²) in [6.45, 7) is 3.02. The van der Waals surface area contributed by atoms with Crippen molar-refractivity contribution >= 4 is 21.6 Å². The summed E-state index contributed by atoms with van der Waals surface area (Å²) in [6.07, 6.45) is 0.605. The van der Waals surface area contributed by atoms with Crippen LogP contribution in [0.25, 0.3) is 0 Å². The van der Waals surface area contributed by atoms with Gasteiger partial charge in [0.05, 0.1) is 11.5 Å². The summed E-state index contributed by atoms with van der Waals surface area (Å²) in [6, 6.07) is 4.24. The molecule has 0 atom stereocenters. The molecule has 0 heterocycles. The Hall–Kier alpha value is -0.660. The molecule has 0 aliphatic carbocycles. The molecule has 0 fully saturated rings. The molecule has 0 radical (unpaired) electrons. The summed E-state index contributed by atoms with van der Waals surface area (Å²) in [5, 5.41) is 9.41. The number of hydrogen-bond donors (Lipinski definition) is 2. The van der Waals surface area contributed by atoms with Crippen molar-refractivity contribution in [2.45, 2.75) is 24.8 Å². The highest BCUT2D eigenvalue weighted by Crippen LogP contribution is 2.20. The minimum atomic E-state index is -3.57. The summed E-state index contributed by atoms with van der Waals surface area (Å²) in [5.74, 6) is 0. The number of halogens is 1. The third kappa shape index (κ3) is 5.08. The van der Waals surface area contributed by atoms with Gasteiger partial charge < -0.3 is 9.84 Å². The lowest BCUT2D eigenvalue weighted by molar-refractivity contribution is 0.146. The van der Waals surface area contributed by atoms with Crippen molar-refractivity contribution in [3.05, 3.63) is 28.8 Å². The normalized spacial score (nSPS) is 11.7. The number of aliphatic hydroxyl groups is 1. The Labute approximate surface area is 118 Å². The number of rotatable bonds is 8. The molecule has 19 heavy (non-hydrogen) atoms. The first-order valence-corrected chi connectivity index (χ1v) is 7.84. The first-order valence-electron chi connectivity index (χ1n) is 5.98. The maximum atomic E-state index is 12.0. The van der Waals surface area contributed by atoms with Crippen molar-refractivity contribution in [3.63, 3.8) is 0 Å². The van der Waals surface area contributed by atoms with E-state index in [0.29, 0.717) is 36.8 Å². The monoisotopic (exact) mass is 307 g/mol. The number of nitrogens with one attached hydrogen (secondary N) is 1. The van der Waals surface area contributed by atoms with Crippen LogP contribution in [0.4, 0.5) is 0 Å². The summed E-state index contributed by atoms with van der Waals surface area (Å²) in [4.78, 5) is 0.0948. The van der Waals surface area contributed by atoms with Crippen LogP contribution in [0.5, 0.6) is 0 Å². The minimum Gasteiger partial charge on any atom is -0.392 e. The Kier molecular flexibility index (Phi) is 6.74. The molecule has 2 N–H and O–H groups in total. The van der Waals surface area contributed by atoms with Gasteiger partial charge in [-0.05, 0) is 37.1 Å². The van der Waals surface area contributed by atoms with Gasteiger partial charge >= 0.3 is 0 Å². The second kappa shape index (κ2) is 7.81. The van der Waals surface area contributed by atoms with Gasteiger partial charge in [-0.2, -0.15) is 0 Å². The molecule has 0 bridgehead atoms. The van der Waals surface area contributed by atoms with Gasteiger partial charge in [0.1, 0.15) is 0 Å². The van der Waals surface area contributed by atoms with E-state index in [-0.39, 0.29) is 11.5 Å². The smallest absolute Gasteiger partial charge is 0.240 e. The van der Waals surface area contributed by atoms with Crippen molar-refractivity contribution in [2.24, 2.45) is 0 Å². The van der Waals surface area contributed by atoms with Crippen molar-refractivity contribution in [2.75, 3.05) is 19.8 Å². The molecule has 0 amide bonds. The second-order valence-corrected chi connectivity index (χ2v) is 6.03. The Morgan fingerprint density at radius 2 is 2.16 bits per heavy atom. The van der Waals surface area contributed by atoms with E-state index in [1.54, 1.807) is 0 Å². The van der Waals surface area contributed by atoms with Crippen molar-refractivity contribution < 1.29 is 18.3 Å². The van der Waals surface area contributed by atoms with E-state index in [4.69, 9.17) is 21.4 Å². The Bertz CT molecular complexity index is 504. The van der Waals surface area contributed by atoms with Crippen LogP contribution in [0.2, 0.25) is 5.02 Å². The van der Waals surface area contributed by atoms with Crippen molar-refractivity contribution in [3.8, 4) is 0 Å². The molecule has 0 unspecified atom stereocenters. The number of benzene rings is 1. The minimum absolute atomic E-state index is 0.0948. The van der Waals surface area contributed by atoms with Crippen LogP contribution in [0.15, 0.2) is 23.1 Å². The van der Waals surface area contributed by atoms with Crippen LogP contribution < -0.4 is 4.72 Å². The molecule has 0 aliphatic heterocycles. The predicted octanol–water partition coefficient (Wildman–Crippen LogP) is 1.54. The van der Waals surface area contributed by atoms with Gasteiger partial charge in [0.15, 0.2) is 0 Å². The van der Waals surface area contributed by atoms with Gasteiger partial charge in [0, 0.05) is 24.8 Å². The molecule has 1 rings (SSSR count). The largest absolute Gasteiger partial charge is 0.392 e. The molecule has 0 aliphatic rings. The first-order chi connectivity index (χ1) is 9.01. The standard InChI is InChI=1S/C12H18ClNO4S/c1-2-18-7-3-6-14-19(16,17)11-4-5-12(13)10(8-11)9-15/h4-5,8,14-15H,2-3,6-7,9H2,1H3. The summed E-state index contributed by atoms with van der Waals surface area (Å²) in [5.41, 5.74) is 0.388. The van der Waals surface area contributed by atoms with Crippen LogP contribution in [0.3, 0.4) is 0 Å². The molecule has 0 spiro atoms. The molecule has 0 saturated carbocycles. The average Bonchev–Trinajstić information content (AvgIpc) is 2.38. The summed E-state index contributed by atoms with van der Waals surface area (Å²) in [7, 11) is -3.57. The SMILES string of the molecule is CCOCCCNS(=O)(=O)c1ccc(Cl)c(CO)c1. The Morgan fingerprint density at radius 1 is 1.42 bits per heavy atom. The zero-order chi connectivity index (χ0) is 14.3. The van der Waals surface area contributed by atoms with Crippen LogP contribution >= 0.6 is 11.6 Å². The van der Waals surface area contributed by atoms with E-state index >= 15 is 0 Å². The van der Waals surface area contributed by atoms with Gasteiger partial charge in [-0.1, -0.05) is 11.6 Å². The highest BCUT2D eigenvalue weighted by Gasteiger charge is 2.14. The molecule has 0 aromatic heterocycles. The lowest BCUT2D eigenvalue weighted by atomic mass is 10.2. The van der Waals surface area contributed by atoms with Crippen LogP contribution in [0.1, 0.15) is 18.9 Å². The van der Waals surface area contributed by atoms with Crippen molar-refractivity contribution in [1.82, 2.24) is 4.72 Å². The van der Waals surface area contributed by atoms with Crippen LogP contribution in [-0.2, 0) is 21.4 Å². The molecular formula is C12H18ClNO4S. The van der Waals surface area contributed by atoms with Gasteiger partial charge in [-0.3, -0.25) is 0 Å². The third-order valence-electron chi connectivity index (χ3n) is 2.46. The molecular weight excluding hydrogens is 290 g/mol. The Balaban J connectivity index is 2.67. The van der Waals surface area contributed by atoms with Crippen molar-refractivity contribution in [1.29, 1.82) is 0 Å². The molecule has 1 aromatic rings. The maximum absolute atomic E-state index is 12.0. The van der Waals surface area contributed by atoms with E-state index in [9.17, 15) is 8.42 Å². The summed E-state index contributed by atoms with van der Waals surface area (Å²) < 4.78 is 31.5. The maximum Gasteiger partial charge on any atom is 0.240 e. The van der Waals surface area contributed by atoms with Crippen LogP contribution in [-0.4, -0.2) is 33.3 Å². The number of hydrogen-bond acceptors (Lipinski definition) is 4. The number of sulfonamides is 1. The average molecular weight is 308 g/mol. The Morgan fingerprint density at radius 3 is 2.79 bits per heavy atom. The van der Waals surface area contributed by atoms with E-state index in [1.165, 1.54) is 18.2 Å².